The molecular weight excluding hydrogens is 234 g/mol. The molecule has 0 bridgehead atoms. The molecule has 1 amide bonds. The third kappa shape index (κ3) is 2.85. The Morgan fingerprint density at radius 1 is 1.39 bits per heavy atom. The minimum absolute atomic E-state index is 0.116. The van der Waals surface area contributed by atoms with Crippen LogP contribution in [-0.2, 0) is 6.42 Å². The van der Waals surface area contributed by atoms with Crippen molar-refractivity contribution in [3.05, 3.63) is 11.6 Å². The number of carbonyl (C=O) groups is 1. The first-order valence-corrected chi connectivity index (χ1v) is 6.28. The second kappa shape index (κ2) is 5.92. The quantitative estimate of drug-likeness (QED) is 0.727. The molecule has 100 valence electrons. The number of aromatic nitrogens is 3. The van der Waals surface area contributed by atoms with Gasteiger partial charge in [-0.3, -0.25) is 14.8 Å². The standard InChI is InChI=1S/C11H19N5O2/c1-2-9-12-10(14-13-9)11(18)16-5-3-15(4-6-16)7-8-17/h17H,2-8H2,1H3,(H,12,13,14). The third-order valence-electron chi connectivity index (χ3n) is 3.13. The van der Waals surface area contributed by atoms with Gasteiger partial charge in [-0.05, 0) is 0 Å². The number of carbonyl (C=O) groups excluding carboxylic acids is 1. The van der Waals surface area contributed by atoms with E-state index in [0.29, 0.717) is 19.6 Å². The molecule has 0 saturated carbocycles. The number of piperazine rings is 1. The molecule has 7 heteroatoms. The Hall–Kier alpha value is -1.47. The molecule has 1 aliphatic rings. The fourth-order valence-electron chi connectivity index (χ4n) is 2.01. The minimum Gasteiger partial charge on any atom is -0.395 e. The van der Waals surface area contributed by atoms with Crippen LogP contribution in [0.3, 0.4) is 0 Å². The van der Waals surface area contributed by atoms with E-state index in [1.807, 2.05) is 6.92 Å². The van der Waals surface area contributed by atoms with Crippen LogP contribution in [0.25, 0.3) is 0 Å². The topological polar surface area (TPSA) is 85.3 Å². The summed E-state index contributed by atoms with van der Waals surface area (Å²) in [6.45, 7) is 5.69. The number of H-pyrrole nitrogens is 1. The Bertz CT molecular complexity index is 398. The van der Waals surface area contributed by atoms with Crippen molar-refractivity contribution in [1.82, 2.24) is 25.0 Å². The SMILES string of the molecule is CCc1nc(C(=O)N2CCN(CCO)CC2)n[nH]1. The fourth-order valence-corrected chi connectivity index (χ4v) is 2.01. The molecule has 0 aromatic carbocycles. The predicted molar refractivity (Wildman–Crippen MR) is 65.2 cm³/mol. The summed E-state index contributed by atoms with van der Waals surface area (Å²) in [5.74, 6) is 0.870. The van der Waals surface area contributed by atoms with E-state index in [9.17, 15) is 4.79 Å². The van der Waals surface area contributed by atoms with Crippen LogP contribution in [0.2, 0.25) is 0 Å². The smallest absolute Gasteiger partial charge is 0.293 e. The van der Waals surface area contributed by atoms with Crippen molar-refractivity contribution in [3.63, 3.8) is 0 Å². The Labute approximate surface area is 106 Å². The van der Waals surface area contributed by atoms with Gasteiger partial charge in [0.15, 0.2) is 0 Å². The first kappa shape index (κ1) is 13.0. The number of hydrogen-bond acceptors (Lipinski definition) is 5. The first-order valence-electron chi connectivity index (χ1n) is 6.28. The molecule has 18 heavy (non-hydrogen) atoms. The Morgan fingerprint density at radius 2 is 2.11 bits per heavy atom. The fraction of sp³-hybridized carbons (Fsp3) is 0.727. The Morgan fingerprint density at radius 3 is 2.67 bits per heavy atom. The number of hydrogen-bond donors (Lipinski definition) is 2. The number of aliphatic hydroxyl groups is 1. The summed E-state index contributed by atoms with van der Waals surface area (Å²) in [5.41, 5.74) is 0. The van der Waals surface area contributed by atoms with Crippen molar-refractivity contribution >= 4 is 5.91 Å². The van der Waals surface area contributed by atoms with Crippen molar-refractivity contribution in [2.45, 2.75) is 13.3 Å². The van der Waals surface area contributed by atoms with Crippen molar-refractivity contribution in [2.75, 3.05) is 39.3 Å². The molecule has 7 nitrogen and oxygen atoms in total. The summed E-state index contributed by atoms with van der Waals surface area (Å²) in [5, 5.41) is 15.5. The molecule has 0 radical (unpaired) electrons. The number of rotatable bonds is 4. The molecule has 1 saturated heterocycles. The van der Waals surface area contributed by atoms with Crippen molar-refractivity contribution < 1.29 is 9.90 Å². The monoisotopic (exact) mass is 253 g/mol. The summed E-state index contributed by atoms with van der Waals surface area (Å²) < 4.78 is 0. The molecule has 0 unspecified atom stereocenters. The molecule has 2 heterocycles. The maximum absolute atomic E-state index is 12.1. The predicted octanol–water partition coefficient (Wildman–Crippen LogP) is -0.883. The zero-order valence-electron chi connectivity index (χ0n) is 10.6. The lowest BCUT2D eigenvalue weighted by Crippen LogP contribution is -2.49. The van der Waals surface area contributed by atoms with Crippen LogP contribution in [0.4, 0.5) is 0 Å². The van der Waals surface area contributed by atoms with E-state index in [4.69, 9.17) is 5.11 Å². The van der Waals surface area contributed by atoms with E-state index in [0.717, 1.165) is 25.3 Å². The first-order chi connectivity index (χ1) is 8.74. The highest BCUT2D eigenvalue weighted by Gasteiger charge is 2.24. The molecule has 1 fully saturated rings. The maximum Gasteiger partial charge on any atom is 0.293 e. The molecule has 1 aliphatic heterocycles. The van der Waals surface area contributed by atoms with Gasteiger partial charge in [-0.2, -0.15) is 0 Å². The largest absolute Gasteiger partial charge is 0.395 e. The zero-order valence-corrected chi connectivity index (χ0v) is 10.6. The van der Waals surface area contributed by atoms with Gasteiger partial charge in [0.25, 0.3) is 5.91 Å². The average molecular weight is 253 g/mol. The van der Waals surface area contributed by atoms with E-state index in [2.05, 4.69) is 20.1 Å². The highest BCUT2D eigenvalue weighted by Crippen LogP contribution is 2.05. The van der Waals surface area contributed by atoms with E-state index < -0.39 is 0 Å². The van der Waals surface area contributed by atoms with E-state index in [1.165, 1.54) is 0 Å². The van der Waals surface area contributed by atoms with E-state index in [-0.39, 0.29) is 18.3 Å². The van der Waals surface area contributed by atoms with Gasteiger partial charge >= 0.3 is 0 Å². The second-order valence-electron chi connectivity index (χ2n) is 4.32. The summed E-state index contributed by atoms with van der Waals surface area (Å²) in [6.07, 6.45) is 0.741. The lowest BCUT2D eigenvalue weighted by atomic mass is 10.3. The number of amides is 1. The lowest BCUT2D eigenvalue weighted by Gasteiger charge is -2.33. The molecule has 2 N–H and O–H groups in total. The van der Waals surface area contributed by atoms with Crippen LogP contribution < -0.4 is 0 Å². The molecule has 0 aliphatic carbocycles. The highest BCUT2D eigenvalue weighted by molar-refractivity contribution is 5.90. The third-order valence-corrected chi connectivity index (χ3v) is 3.13. The van der Waals surface area contributed by atoms with Gasteiger partial charge < -0.3 is 10.0 Å². The molecule has 1 aromatic rings. The highest BCUT2D eigenvalue weighted by atomic mass is 16.3. The van der Waals surface area contributed by atoms with Gasteiger partial charge in [0.2, 0.25) is 5.82 Å². The molecule has 1 aromatic heterocycles. The van der Waals surface area contributed by atoms with E-state index in [1.54, 1.807) is 4.90 Å². The number of aromatic amines is 1. The normalized spacial score (nSPS) is 17.1. The van der Waals surface area contributed by atoms with E-state index >= 15 is 0 Å². The number of aliphatic hydroxyl groups excluding tert-OH is 1. The van der Waals surface area contributed by atoms with Crippen LogP contribution in [-0.4, -0.2) is 75.3 Å². The molecule has 0 atom stereocenters. The zero-order chi connectivity index (χ0) is 13.0. The van der Waals surface area contributed by atoms with Gasteiger partial charge in [-0.25, -0.2) is 4.98 Å². The van der Waals surface area contributed by atoms with Gasteiger partial charge in [0.1, 0.15) is 5.82 Å². The Balaban J connectivity index is 1.91. The van der Waals surface area contributed by atoms with Gasteiger partial charge in [0.05, 0.1) is 6.61 Å². The van der Waals surface area contributed by atoms with Gasteiger partial charge in [0, 0.05) is 39.1 Å². The second-order valence-corrected chi connectivity index (χ2v) is 4.32. The van der Waals surface area contributed by atoms with Crippen LogP contribution >= 0.6 is 0 Å². The summed E-state index contributed by atoms with van der Waals surface area (Å²) in [6, 6.07) is 0. The summed E-state index contributed by atoms with van der Waals surface area (Å²) in [7, 11) is 0. The van der Waals surface area contributed by atoms with Gasteiger partial charge in [-0.15, -0.1) is 5.10 Å². The van der Waals surface area contributed by atoms with Crippen LogP contribution in [0.15, 0.2) is 0 Å². The molecule has 0 spiro atoms. The minimum atomic E-state index is -0.116. The molecular formula is C11H19N5O2. The van der Waals surface area contributed by atoms with Crippen LogP contribution in [0.5, 0.6) is 0 Å². The van der Waals surface area contributed by atoms with Crippen LogP contribution in [0.1, 0.15) is 23.4 Å². The number of aryl methyl sites for hydroxylation is 1. The lowest BCUT2D eigenvalue weighted by molar-refractivity contribution is 0.0603. The van der Waals surface area contributed by atoms with Gasteiger partial charge in [-0.1, -0.05) is 6.92 Å². The number of nitrogens with one attached hydrogen (secondary N) is 1. The van der Waals surface area contributed by atoms with Crippen molar-refractivity contribution in [3.8, 4) is 0 Å². The average Bonchev–Trinajstić information content (AvgIpc) is 2.88. The van der Waals surface area contributed by atoms with Crippen molar-refractivity contribution in [1.29, 1.82) is 0 Å². The molecule has 2 rings (SSSR count). The summed E-state index contributed by atoms with van der Waals surface area (Å²) in [4.78, 5) is 20.2. The number of nitrogens with zero attached hydrogens (tertiary/aromatic N) is 4. The summed E-state index contributed by atoms with van der Waals surface area (Å²) >= 11 is 0. The van der Waals surface area contributed by atoms with Crippen LogP contribution in [0, 0.1) is 0 Å². The maximum atomic E-state index is 12.1. The van der Waals surface area contributed by atoms with Crippen molar-refractivity contribution in [2.24, 2.45) is 0 Å². The number of β-amino-alcohol motifs (C(OH)–C–C–N with tert-alkyl or cyclic N) is 1. The Kier molecular flexibility index (Phi) is 4.27.